The van der Waals surface area contributed by atoms with Crippen LogP contribution in [0.25, 0.3) is 0 Å². The lowest BCUT2D eigenvalue weighted by molar-refractivity contribution is -0.140. The van der Waals surface area contributed by atoms with Crippen molar-refractivity contribution in [3.8, 4) is 6.07 Å². The van der Waals surface area contributed by atoms with Crippen molar-refractivity contribution in [2.75, 3.05) is 20.1 Å². The van der Waals surface area contributed by atoms with E-state index in [-0.39, 0.29) is 24.8 Å². The first-order valence-electron chi connectivity index (χ1n) is 5.63. The number of hydrogen-bond donors (Lipinski definition) is 2. The molecule has 1 atom stereocenters. The first-order chi connectivity index (χ1) is 8.06. The fraction of sp³-hybridized carbons (Fsp3) is 0.727. The number of carbonyl (C=O) groups is 2. The van der Waals surface area contributed by atoms with Crippen LogP contribution in [0.15, 0.2) is 0 Å². The van der Waals surface area contributed by atoms with E-state index in [4.69, 9.17) is 10.4 Å². The minimum absolute atomic E-state index is 0.00932. The van der Waals surface area contributed by atoms with Gasteiger partial charge in [-0.2, -0.15) is 5.26 Å². The number of nitriles is 1. The molecule has 0 heterocycles. The number of amides is 1. The summed E-state index contributed by atoms with van der Waals surface area (Å²) >= 11 is 0. The van der Waals surface area contributed by atoms with Gasteiger partial charge in [-0.3, -0.25) is 14.9 Å². The highest BCUT2D eigenvalue weighted by molar-refractivity contribution is 5.80. The Morgan fingerprint density at radius 2 is 2.24 bits per heavy atom. The third-order valence-electron chi connectivity index (χ3n) is 2.82. The van der Waals surface area contributed by atoms with Gasteiger partial charge in [-0.15, -0.1) is 0 Å². The molecular formula is C11H17N3O3. The van der Waals surface area contributed by atoms with E-state index in [0.717, 1.165) is 12.8 Å². The Bertz CT molecular complexity index is 333. The van der Waals surface area contributed by atoms with Crippen molar-refractivity contribution in [1.29, 1.82) is 5.26 Å². The number of carboxylic acid groups (broad SMARTS) is 1. The zero-order valence-corrected chi connectivity index (χ0v) is 9.85. The summed E-state index contributed by atoms with van der Waals surface area (Å²) in [4.78, 5) is 23.9. The standard InChI is InChI=1S/C11H17N3O3/c1-14(6-2-5-12)9(15)7-13-10(11(16)17)8-3-4-8/h8,10,13H,2-4,6-7H2,1H3,(H,16,17). The van der Waals surface area contributed by atoms with Crippen molar-refractivity contribution in [1.82, 2.24) is 10.2 Å². The third-order valence-corrected chi connectivity index (χ3v) is 2.82. The van der Waals surface area contributed by atoms with Gasteiger partial charge in [0.2, 0.25) is 5.91 Å². The van der Waals surface area contributed by atoms with Crippen molar-refractivity contribution < 1.29 is 14.7 Å². The fourth-order valence-corrected chi connectivity index (χ4v) is 1.56. The van der Waals surface area contributed by atoms with Crippen LogP contribution in [0.2, 0.25) is 0 Å². The van der Waals surface area contributed by atoms with Crippen molar-refractivity contribution in [3.05, 3.63) is 0 Å². The summed E-state index contributed by atoms with van der Waals surface area (Å²) < 4.78 is 0. The highest BCUT2D eigenvalue weighted by Gasteiger charge is 2.36. The van der Waals surface area contributed by atoms with Crippen LogP contribution in [0.3, 0.4) is 0 Å². The molecule has 0 spiro atoms. The molecule has 0 aliphatic heterocycles. The maximum absolute atomic E-state index is 11.6. The molecular weight excluding hydrogens is 222 g/mol. The molecule has 0 aromatic rings. The largest absolute Gasteiger partial charge is 0.480 e. The predicted molar refractivity (Wildman–Crippen MR) is 60.0 cm³/mol. The average Bonchev–Trinajstić information content (AvgIpc) is 3.09. The maximum Gasteiger partial charge on any atom is 0.320 e. The Labute approximate surface area is 100 Å². The van der Waals surface area contributed by atoms with Crippen LogP contribution in [0.4, 0.5) is 0 Å². The molecule has 1 amide bonds. The molecule has 1 aliphatic rings. The molecule has 17 heavy (non-hydrogen) atoms. The SMILES string of the molecule is CN(CCC#N)C(=O)CNC(C(=O)O)C1CC1. The van der Waals surface area contributed by atoms with Gasteiger partial charge in [-0.25, -0.2) is 0 Å². The normalized spacial score (nSPS) is 16.0. The minimum atomic E-state index is -0.903. The summed E-state index contributed by atoms with van der Waals surface area (Å²) in [7, 11) is 1.61. The van der Waals surface area contributed by atoms with E-state index in [1.54, 1.807) is 7.05 Å². The summed E-state index contributed by atoms with van der Waals surface area (Å²) in [6.07, 6.45) is 2.10. The lowest BCUT2D eigenvalue weighted by Crippen LogP contribution is -2.44. The molecule has 1 fully saturated rings. The van der Waals surface area contributed by atoms with Gasteiger partial charge < -0.3 is 10.0 Å². The smallest absolute Gasteiger partial charge is 0.320 e. The first kappa shape index (κ1) is 13.5. The zero-order chi connectivity index (χ0) is 12.8. The van der Waals surface area contributed by atoms with E-state index in [2.05, 4.69) is 5.32 Å². The number of rotatable bonds is 7. The van der Waals surface area contributed by atoms with Crippen LogP contribution in [-0.4, -0.2) is 48.1 Å². The first-order valence-corrected chi connectivity index (χ1v) is 5.63. The summed E-state index contributed by atoms with van der Waals surface area (Å²) in [5, 5.41) is 20.1. The number of aliphatic carboxylic acids is 1. The Balaban J connectivity index is 2.30. The van der Waals surface area contributed by atoms with Crippen molar-refractivity contribution in [2.24, 2.45) is 5.92 Å². The molecule has 2 N–H and O–H groups in total. The van der Waals surface area contributed by atoms with Crippen LogP contribution in [0.5, 0.6) is 0 Å². The van der Waals surface area contributed by atoms with Crippen LogP contribution in [-0.2, 0) is 9.59 Å². The Hall–Kier alpha value is -1.61. The molecule has 6 heteroatoms. The third kappa shape index (κ3) is 4.41. The molecule has 94 valence electrons. The number of nitrogens with zero attached hydrogens (tertiary/aromatic N) is 2. The van der Waals surface area contributed by atoms with Crippen LogP contribution < -0.4 is 5.32 Å². The van der Waals surface area contributed by atoms with Crippen LogP contribution in [0, 0.1) is 17.2 Å². The summed E-state index contributed by atoms with van der Waals surface area (Å²) in [6, 6.07) is 1.33. The molecule has 1 aliphatic carbocycles. The molecule has 1 saturated carbocycles. The van der Waals surface area contributed by atoms with Crippen molar-refractivity contribution >= 4 is 11.9 Å². The highest BCUT2D eigenvalue weighted by Crippen LogP contribution is 2.32. The Morgan fingerprint density at radius 3 is 2.71 bits per heavy atom. The fourth-order valence-electron chi connectivity index (χ4n) is 1.56. The quantitative estimate of drug-likeness (QED) is 0.642. The highest BCUT2D eigenvalue weighted by atomic mass is 16.4. The minimum Gasteiger partial charge on any atom is -0.480 e. The number of nitrogens with one attached hydrogen (secondary N) is 1. The second-order valence-electron chi connectivity index (χ2n) is 4.26. The van der Waals surface area contributed by atoms with Gasteiger partial charge in [0, 0.05) is 13.6 Å². The molecule has 1 rings (SSSR count). The number of carbonyl (C=O) groups excluding carboxylic acids is 1. The van der Waals surface area contributed by atoms with E-state index in [0.29, 0.717) is 6.54 Å². The Kier molecular flexibility index (Phi) is 4.91. The Morgan fingerprint density at radius 1 is 1.59 bits per heavy atom. The molecule has 0 aromatic heterocycles. The summed E-state index contributed by atoms with van der Waals surface area (Å²) in [5.74, 6) is -0.933. The van der Waals surface area contributed by atoms with Gasteiger partial charge in [-0.05, 0) is 18.8 Å². The molecule has 0 bridgehead atoms. The second-order valence-corrected chi connectivity index (χ2v) is 4.26. The van der Waals surface area contributed by atoms with Gasteiger partial charge in [-0.1, -0.05) is 0 Å². The van der Waals surface area contributed by atoms with E-state index >= 15 is 0 Å². The molecule has 0 saturated heterocycles. The van der Waals surface area contributed by atoms with Crippen LogP contribution in [0.1, 0.15) is 19.3 Å². The topological polar surface area (TPSA) is 93.4 Å². The van der Waals surface area contributed by atoms with Crippen molar-refractivity contribution in [3.63, 3.8) is 0 Å². The van der Waals surface area contributed by atoms with Gasteiger partial charge >= 0.3 is 5.97 Å². The molecule has 0 radical (unpaired) electrons. The van der Waals surface area contributed by atoms with Gasteiger partial charge in [0.1, 0.15) is 6.04 Å². The average molecular weight is 239 g/mol. The number of hydrogen-bond acceptors (Lipinski definition) is 4. The van der Waals surface area contributed by atoms with E-state index in [1.807, 2.05) is 6.07 Å². The summed E-state index contributed by atoms with van der Waals surface area (Å²) in [5.41, 5.74) is 0. The van der Waals surface area contributed by atoms with Gasteiger partial charge in [0.05, 0.1) is 19.0 Å². The lowest BCUT2D eigenvalue weighted by Gasteiger charge is -2.18. The zero-order valence-electron chi connectivity index (χ0n) is 9.85. The van der Waals surface area contributed by atoms with Crippen LogP contribution >= 0.6 is 0 Å². The van der Waals surface area contributed by atoms with Gasteiger partial charge in [0.25, 0.3) is 0 Å². The monoisotopic (exact) mass is 239 g/mol. The van der Waals surface area contributed by atoms with E-state index in [1.165, 1.54) is 4.90 Å². The lowest BCUT2D eigenvalue weighted by atomic mass is 10.2. The van der Waals surface area contributed by atoms with E-state index < -0.39 is 12.0 Å². The molecule has 6 nitrogen and oxygen atoms in total. The second kappa shape index (κ2) is 6.21. The number of likely N-dealkylation sites (N-methyl/N-ethyl adjacent to an activating group) is 1. The van der Waals surface area contributed by atoms with Gasteiger partial charge in [0.15, 0.2) is 0 Å². The van der Waals surface area contributed by atoms with E-state index in [9.17, 15) is 9.59 Å². The van der Waals surface area contributed by atoms with Crippen molar-refractivity contribution in [2.45, 2.75) is 25.3 Å². The molecule has 0 aromatic carbocycles. The molecule has 1 unspecified atom stereocenters. The number of carboxylic acids is 1. The predicted octanol–water partition coefficient (Wildman–Crippen LogP) is -0.189. The summed E-state index contributed by atoms with van der Waals surface area (Å²) in [6.45, 7) is 0.383. The maximum atomic E-state index is 11.6.